The second-order valence-corrected chi connectivity index (χ2v) is 5.91. The smallest absolute Gasteiger partial charge is 0.307 e. The van der Waals surface area contributed by atoms with Gasteiger partial charge in [0.25, 0.3) is 0 Å². The van der Waals surface area contributed by atoms with E-state index in [0.717, 1.165) is 16.3 Å². The van der Waals surface area contributed by atoms with Gasteiger partial charge in [-0.05, 0) is 34.4 Å². The Morgan fingerprint density at radius 2 is 1.52 bits per heavy atom. The molecule has 0 aliphatic rings. The predicted octanol–water partition coefficient (Wildman–Crippen LogP) is 4.04. The first kappa shape index (κ1) is 16.7. The molecule has 0 heterocycles. The molecule has 3 aromatic rings. The van der Waals surface area contributed by atoms with Gasteiger partial charge >= 0.3 is 5.97 Å². The first-order valence-electron chi connectivity index (χ1n) is 8.19. The summed E-state index contributed by atoms with van der Waals surface area (Å²) >= 11 is 0. The molecule has 0 spiro atoms. The van der Waals surface area contributed by atoms with Gasteiger partial charge in [-0.15, -0.1) is 0 Å². The SMILES string of the molecule is O=C(O)Cc1ccccc1NC(=O)CCc1cccc2ccccc12. The van der Waals surface area contributed by atoms with Crippen LogP contribution in [0.15, 0.2) is 66.7 Å². The molecule has 0 saturated heterocycles. The highest BCUT2D eigenvalue weighted by Crippen LogP contribution is 2.20. The summed E-state index contributed by atoms with van der Waals surface area (Å²) in [5, 5.41) is 14.1. The Hall–Kier alpha value is -3.14. The number of para-hydroxylation sites is 1. The van der Waals surface area contributed by atoms with Gasteiger partial charge in [0.1, 0.15) is 0 Å². The van der Waals surface area contributed by atoms with Crippen LogP contribution in [-0.4, -0.2) is 17.0 Å². The molecule has 4 nitrogen and oxygen atoms in total. The molecule has 0 aromatic heterocycles. The summed E-state index contributed by atoms with van der Waals surface area (Å²) in [5.41, 5.74) is 2.30. The molecule has 4 heteroatoms. The summed E-state index contributed by atoms with van der Waals surface area (Å²) in [6.07, 6.45) is 0.865. The van der Waals surface area contributed by atoms with Crippen molar-refractivity contribution < 1.29 is 14.7 Å². The van der Waals surface area contributed by atoms with Gasteiger partial charge in [-0.25, -0.2) is 0 Å². The average Bonchev–Trinajstić information content (AvgIpc) is 2.61. The number of fused-ring (bicyclic) bond motifs is 1. The third-order valence-electron chi connectivity index (χ3n) is 4.13. The van der Waals surface area contributed by atoms with Crippen LogP contribution in [0.3, 0.4) is 0 Å². The van der Waals surface area contributed by atoms with Crippen molar-refractivity contribution in [3.05, 3.63) is 77.9 Å². The molecule has 1 amide bonds. The number of amides is 1. The number of aliphatic carboxylic acids is 1. The largest absolute Gasteiger partial charge is 0.481 e. The number of anilines is 1. The third-order valence-corrected chi connectivity index (χ3v) is 4.13. The lowest BCUT2D eigenvalue weighted by Crippen LogP contribution is -2.14. The number of carbonyl (C=O) groups is 2. The third kappa shape index (κ3) is 4.23. The van der Waals surface area contributed by atoms with E-state index in [2.05, 4.69) is 23.5 Å². The summed E-state index contributed by atoms with van der Waals surface area (Å²) in [6, 6.07) is 21.2. The molecule has 0 atom stereocenters. The number of carboxylic acids is 1. The summed E-state index contributed by atoms with van der Waals surface area (Å²) in [4.78, 5) is 23.2. The average molecular weight is 333 g/mol. The van der Waals surface area contributed by atoms with Gasteiger partial charge in [-0.2, -0.15) is 0 Å². The number of benzene rings is 3. The van der Waals surface area contributed by atoms with E-state index in [1.54, 1.807) is 24.3 Å². The highest BCUT2D eigenvalue weighted by atomic mass is 16.4. The van der Waals surface area contributed by atoms with Crippen molar-refractivity contribution in [1.82, 2.24) is 0 Å². The Labute approximate surface area is 146 Å². The Kier molecular flexibility index (Phi) is 5.09. The minimum atomic E-state index is -0.919. The Morgan fingerprint density at radius 3 is 2.36 bits per heavy atom. The van der Waals surface area contributed by atoms with E-state index < -0.39 is 5.97 Å². The van der Waals surface area contributed by atoms with Crippen molar-refractivity contribution in [2.24, 2.45) is 0 Å². The summed E-state index contributed by atoms with van der Waals surface area (Å²) in [7, 11) is 0. The van der Waals surface area contributed by atoms with Crippen LogP contribution >= 0.6 is 0 Å². The molecular formula is C21H19NO3. The molecule has 0 aliphatic carbocycles. The lowest BCUT2D eigenvalue weighted by Gasteiger charge is -2.10. The standard InChI is InChI=1S/C21H19NO3/c23-20(22-19-11-4-2-7-17(19)14-21(24)25)13-12-16-9-5-8-15-6-1-3-10-18(15)16/h1-11H,12-14H2,(H,22,23)(H,24,25). The quantitative estimate of drug-likeness (QED) is 0.715. The molecule has 25 heavy (non-hydrogen) atoms. The maximum atomic E-state index is 12.3. The fourth-order valence-electron chi connectivity index (χ4n) is 2.93. The van der Waals surface area contributed by atoms with Gasteiger partial charge < -0.3 is 10.4 Å². The minimum absolute atomic E-state index is 0.111. The molecule has 0 radical (unpaired) electrons. The molecule has 0 bridgehead atoms. The fourth-order valence-corrected chi connectivity index (χ4v) is 2.93. The second-order valence-electron chi connectivity index (χ2n) is 5.91. The van der Waals surface area contributed by atoms with E-state index in [-0.39, 0.29) is 12.3 Å². The molecule has 3 rings (SSSR count). The Bertz CT molecular complexity index is 912. The summed E-state index contributed by atoms with van der Waals surface area (Å²) < 4.78 is 0. The van der Waals surface area contributed by atoms with Crippen LogP contribution in [0, 0.1) is 0 Å². The zero-order valence-electron chi connectivity index (χ0n) is 13.7. The second kappa shape index (κ2) is 7.62. The molecule has 0 fully saturated rings. The summed E-state index contributed by atoms with van der Waals surface area (Å²) in [5.74, 6) is -1.04. The van der Waals surface area contributed by atoms with Crippen LogP contribution in [0.2, 0.25) is 0 Å². The zero-order chi connectivity index (χ0) is 17.6. The first-order valence-corrected chi connectivity index (χ1v) is 8.19. The van der Waals surface area contributed by atoms with Crippen LogP contribution < -0.4 is 5.32 Å². The number of nitrogens with one attached hydrogen (secondary N) is 1. The van der Waals surface area contributed by atoms with E-state index in [1.807, 2.05) is 24.3 Å². The lowest BCUT2D eigenvalue weighted by molar-refractivity contribution is -0.136. The van der Waals surface area contributed by atoms with Crippen LogP contribution in [-0.2, 0) is 22.4 Å². The minimum Gasteiger partial charge on any atom is -0.481 e. The number of carbonyl (C=O) groups excluding carboxylic acids is 1. The van der Waals surface area contributed by atoms with Crippen molar-refractivity contribution in [3.8, 4) is 0 Å². The number of hydrogen-bond acceptors (Lipinski definition) is 2. The van der Waals surface area contributed by atoms with E-state index in [4.69, 9.17) is 5.11 Å². The van der Waals surface area contributed by atoms with Gasteiger partial charge in [0, 0.05) is 12.1 Å². The van der Waals surface area contributed by atoms with Crippen molar-refractivity contribution in [2.75, 3.05) is 5.32 Å². The predicted molar refractivity (Wildman–Crippen MR) is 98.7 cm³/mol. The van der Waals surface area contributed by atoms with E-state index in [0.29, 0.717) is 24.1 Å². The molecule has 126 valence electrons. The van der Waals surface area contributed by atoms with Gasteiger partial charge in [0.2, 0.25) is 5.91 Å². The Balaban J connectivity index is 1.68. The molecule has 0 unspecified atom stereocenters. The van der Waals surface area contributed by atoms with E-state index in [9.17, 15) is 9.59 Å². The van der Waals surface area contributed by atoms with Crippen molar-refractivity contribution in [1.29, 1.82) is 0 Å². The van der Waals surface area contributed by atoms with Crippen LogP contribution in [0.25, 0.3) is 10.8 Å². The normalized spacial score (nSPS) is 10.6. The lowest BCUT2D eigenvalue weighted by atomic mass is 10.0. The molecule has 0 aliphatic heterocycles. The van der Waals surface area contributed by atoms with E-state index >= 15 is 0 Å². The highest BCUT2D eigenvalue weighted by Gasteiger charge is 2.10. The van der Waals surface area contributed by atoms with Crippen molar-refractivity contribution >= 4 is 28.3 Å². The van der Waals surface area contributed by atoms with Gasteiger partial charge in [0.15, 0.2) is 0 Å². The van der Waals surface area contributed by atoms with Gasteiger partial charge in [-0.3, -0.25) is 9.59 Å². The summed E-state index contributed by atoms with van der Waals surface area (Å²) in [6.45, 7) is 0. The van der Waals surface area contributed by atoms with Crippen LogP contribution in [0.4, 0.5) is 5.69 Å². The fraction of sp³-hybridized carbons (Fsp3) is 0.143. The number of hydrogen-bond donors (Lipinski definition) is 2. The molecular weight excluding hydrogens is 314 g/mol. The van der Waals surface area contributed by atoms with Crippen LogP contribution in [0.5, 0.6) is 0 Å². The van der Waals surface area contributed by atoms with Crippen molar-refractivity contribution in [2.45, 2.75) is 19.3 Å². The molecule has 3 aromatic carbocycles. The van der Waals surface area contributed by atoms with Crippen molar-refractivity contribution in [3.63, 3.8) is 0 Å². The number of rotatable bonds is 6. The first-order chi connectivity index (χ1) is 12.1. The molecule has 2 N–H and O–H groups in total. The van der Waals surface area contributed by atoms with Crippen LogP contribution in [0.1, 0.15) is 17.5 Å². The molecule has 0 saturated carbocycles. The van der Waals surface area contributed by atoms with Gasteiger partial charge in [-0.1, -0.05) is 60.7 Å². The van der Waals surface area contributed by atoms with E-state index in [1.165, 1.54) is 0 Å². The monoisotopic (exact) mass is 333 g/mol. The number of carboxylic acid groups (broad SMARTS) is 1. The zero-order valence-corrected chi connectivity index (χ0v) is 13.7. The maximum absolute atomic E-state index is 12.3. The topological polar surface area (TPSA) is 66.4 Å². The Morgan fingerprint density at radius 1 is 0.840 bits per heavy atom. The number of aryl methyl sites for hydroxylation is 1. The highest BCUT2D eigenvalue weighted by molar-refractivity contribution is 5.93. The maximum Gasteiger partial charge on any atom is 0.307 e. The van der Waals surface area contributed by atoms with Gasteiger partial charge in [0.05, 0.1) is 6.42 Å².